The van der Waals surface area contributed by atoms with E-state index in [0.29, 0.717) is 33.9 Å². The summed E-state index contributed by atoms with van der Waals surface area (Å²) in [5.74, 6) is 0.511. The van der Waals surface area contributed by atoms with Crippen molar-refractivity contribution in [3.63, 3.8) is 0 Å². The van der Waals surface area contributed by atoms with Crippen LogP contribution < -0.4 is 4.74 Å². The summed E-state index contributed by atoms with van der Waals surface area (Å²) in [7, 11) is 1.57. The summed E-state index contributed by atoms with van der Waals surface area (Å²) in [5, 5.41) is 0. The molecule has 222 valence electrons. The molecule has 0 saturated heterocycles. The molecule has 4 aromatic rings. The lowest BCUT2D eigenvalue weighted by Gasteiger charge is -2.18. The number of hydrogen-bond acceptors (Lipinski definition) is 5. The molecule has 0 aliphatic rings. The van der Waals surface area contributed by atoms with E-state index >= 15 is 0 Å². The molecule has 0 unspecified atom stereocenters. The number of carbonyl (C=O) groups excluding carboxylic acids is 4. The Labute approximate surface area is 254 Å². The second kappa shape index (κ2) is 15.0. The Hall–Kier alpha value is -4.64. The molecule has 0 aliphatic heterocycles. The Balaban J connectivity index is 0.000000238. The van der Waals surface area contributed by atoms with Crippen molar-refractivity contribution in [3.05, 3.63) is 137 Å². The Morgan fingerprint density at radius 2 is 0.930 bits per heavy atom. The molecule has 5 heteroatoms. The first-order chi connectivity index (χ1) is 20.4. The average molecular weight is 577 g/mol. The first-order valence-electron chi connectivity index (χ1n) is 14.4. The number of hydrogen-bond donors (Lipinski definition) is 0. The van der Waals surface area contributed by atoms with Crippen molar-refractivity contribution >= 4 is 23.1 Å². The van der Waals surface area contributed by atoms with Crippen molar-refractivity contribution in [1.29, 1.82) is 0 Å². The lowest BCUT2D eigenvalue weighted by molar-refractivity contribution is 0.0878. The number of carbonyl (C=O) groups is 4. The van der Waals surface area contributed by atoms with Crippen LogP contribution in [0.2, 0.25) is 0 Å². The normalized spacial score (nSPS) is 10.9. The van der Waals surface area contributed by atoms with Crippen LogP contribution in [0.25, 0.3) is 0 Å². The van der Waals surface area contributed by atoms with Gasteiger partial charge < -0.3 is 4.74 Å². The summed E-state index contributed by atoms with van der Waals surface area (Å²) in [6.07, 6.45) is -0.202. The fourth-order valence-electron chi connectivity index (χ4n) is 4.31. The third-order valence-corrected chi connectivity index (χ3v) is 7.12. The molecule has 0 heterocycles. The highest BCUT2D eigenvalue weighted by Gasteiger charge is 2.17. The predicted octanol–water partition coefficient (Wildman–Crippen LogP) is 8.71. The largest absolute Gasteiger partial charge is 0.497 e. The summed E-state index contributed by atoms with van der Waals surface area (Å²) < 4.78 is 5.06. The van der Waals surface area contributed by atoms with E-state index in [1.165, 1.54) is 5.56 Å². The number of ketones is 4. The van der Waals surface area contributed by atoms with E-state index in [1.807, 2.05) is 30.3 Å². The van der Waals surface area contributed by atoms with E-state index in [0.717, 1.165) is 5.56 Å². The monoisotopic (exact) mass is 576 g/mol. The van der Waals surface area contributed by atoms with Crippen LogP contribution in [-0.2, 0) is 5.41 Å². The molecule has 0 saturated carbocycles. The first-order valence-corrected chi connectivity index (χ1v) is 14.4. The van der Waals surface area contributed by atoms with Gasteiger partial charge in [0.05, 0.1) is 20.0 Å². The lowest BCUT2D eigenvalue weighted by Crippen LogP contribution is -2.12. The molecule has 0 aliphatic carbocycles. The molecule has 4 aromatic carbocycles. The molecule has 5 nitrogen and oxygen atoms in total. The van der Waals surface area contributed by atoms with Gasteiger partial charge in [0.2, 0.25) is 0 Å². The SMILES string of the molecule is CC(C)c1ccc(C(=O)CC(=O)c2ccccc2)cc1.COc1ccc(C(=O)CC(=O)c2ccc(C(C)(C)C)cc2)cc1. The van der Waals surface area contributed by atoms with Gasteiger partial charge in [-0.25, -0.2) is 0 Å². The molecule has 0 spiro atoms. The summed E-state index contributed by atoms with van der Waals surface area (Å²) in [6.45, 7) is 10.6. The second-order valence-electron chi connectivity index (χ2n) is 11.7. The van der Waals surface area contributed by atoms with Crippen LogP contribution in [-0.4, -0.2) is 30.2 Å². The zero-order valence-corrected chi connectivity index (χ0v) is 25.8. The Kier molecular flexibility index (Phi) is 11.5. The van der Waals surface area contributed by atoms with Gasteiger partial charge in [0.15, 0.2) is 23.1 Å². The van der Waals surface area contributed by atoms with Crippen LogP contribution in [0, 0.1) is 0 Å². The lowest BCUT2D eigenvalue weighted by atomic mass is 9.86. The average Bonchev–Trinajstić information content (AvgIpc) is 3.01. The van der Waals surface area contributed by atoms with Crippen LogP contribution in [0.15, 0.2) is 103 Å². The van der Waals surface area contributed by atoms with Crippen LogP contribution in [0.1, 0.15) is 106 Å². The van der Waals surface area contributed by atoms with E-state index in [9.17, 15) is 19.2 Å². The molecular weight excluding hydrogens is 536 g/mol. The highest BCUT2D eigenvalue weighted by Crippen LogP contribution is 2.23. The fourth-order valence-corrected chi connectivity index (χ4v) is 4.31. The smallest absolute Gasteiger partial charge is 0.170 e. The fraction of sp³-hybridized carbons (Fsp3) is 0.263. The van der Waals surface area contributed by atoms with Crippen LogP contribution in [0.3, 0.4) is 0 Å². The van der Waals surface area contributed by atoms with Crippen molar-refractivity contribution in [2.24, 2.45) is 0 Å². The molecule has 0 radical (unpaired) electrons. The van der Waals surface area contributed by atoms with Crippen LogP contribution in [0.4, 0.5) is 0 Å². The summed E-state index contributed by atoms with van der Waals surface area (Å²) >= 11 is 0. The predicted molar refractivity (Wildman–Crippen MR) is 172 cm³/mol. The topological polar surface area (TPSA) is 77.5 Å². The standard InChI is InChI=1S/C20H22O3.C18H18O2/c1-20(2,3)16-9-5-14(6-10-16)18(21)13-19(22)15-7-11-17(23-4)12-8-15;1-13(2)14-8-10-16(11-9-14)18(20)12-17(19)15-6-4-3-5-7-15/h5-12H,13H2,1-4H3;3-11,13H,12H2,1-2H3. The number of benzene rings is 4. The van der Waals surface area contributed by atoms with Crippen molar-refractivity contribution in [3.8, 4) is 5.75 Å². The molecule has 0 N–H and O–H groups in total. The number of ether oxygens (including phenoxy) is 1. The molecule has 0 amide bonds. The minimum absolute atomic E-state index is 0.0422. The first kappa shape index (κ1) is 32.9. The van der Waals surface area contributed by atoms with Gasteiger partial charge in [0.25, 0.3) is 0 Å². The van der Waals surface area contributed by atoms with Gasteiger partial charge >= 0.3 is 0 Å². The highest BCUT2D eigenvalue weighted by atomic mass is 16.5. The summed E-state index contributed by atoms with van der Waals surface area (Å²) in [4.78, 5) is 48.5. The van der Waals surface area contributed by atoms with Gasteiger partial charge in [-0.2, -0.15) is 0 Å². The molecule has 43 heavy (non-hydrogen) atoms. The molecular formula is C38H40O5. The molecule has 0 atom stereocenters. The van der Waals surface area contributed by atoms with E-state index in [2.05, 4.69) is 34.6 Å². The van der Waals surface area contributed by atoms with Crippen molar-refractivity contribution in [2.75, 3.05) is 7.11 Å². The van der Waals surface area contributed by atoms with Gasteiger partial charge in [0.1, 0.15) is 5.75 Å². The van der Waals surface area contributed by atoms with Gasteiger partial charge in [-0.05, 0) is 46.7 Å². The van der Waals surface area contributed by atoms with E-state index in [-0.39, 0.29) is 41.4 Å². The summed E-state index contributed by atoms with van der Waals surface area (Å²) in [5.41, 5.74) is 4.66. The second-order valence-corrected chi connectivity index (χ2v) is 11.7. The van der Waals surface area contributed by atoms with Gasteiger partial charge in [-0.3, -0.25) is 19.2 Å². The van der Waals surface area contributed by atoms with Crippen molar-refractivity contribution in [2.45, 2.75) is 58.8 Å². The van der Waals surface area contributed by atoms with Crippen molar-refractivity contribution in [1.82, 2.24) is 0 Å². The Bertz CT molecular complexity index is 1520. The molecule has 0 aromatic heterocycles. The molecule has 0 fully saturated rings. The van der Waals surface area contributed by atoms with E-state index < -0.39 is 0 Å². The van der Waals surface area contributed by atoms with Gasteiger partial charge in [-0.1, -0.05) is 113 Å². The van der Waals surface area contributed by atoms with Gasteiger partial charge in [-0.15, -0.1) is 0 Å². The number of methoxy groups -OCH3 is 1. The minimum Gasteiger partial charge on any atom is -0.497 e. The van der Waals surface area contributed by atoms with Gasteiger partial charge in [0, 0.05) is 22.3 Å². The van der Waals surface area contributed by atoms with Crippen molar-refractivity contribution < 1.29 is 23.9 Å². The number of rotatable bonds is 10. The maximum Gasteiger partial charge on any atom is 0.170 e. The maximum absolute atomic E-state index is 12.3. The molecule has 0 bridgehead atoms. The third-order valence-electron chi connectivity index (χ3n) is 7.12. The Morgan fingerprint density at radius 1 is 0.558 bits per heavy atom. The maximum atomic E-state index is 12.3. The minimum atomic E-state index is -0.183. The van der Waals surface area contributed by atoms with E-state index in [1.54, 1.807) is 79.9 Å². The summed E-state index contributed by atoms with van der Waals surface area (Å²) in [6, 6.07) is 30.7. The zero-order valence-electron chi connectivity index (χ0n) is 25.8. The molecule has 4 rings (SSSR count). The zero-order chi connectivity index (χ0) is 31.6. The quantitative estimate of drug-likeness (QED) is 0.139. The third kappa shape index (κ3) is 9.71. The van der Waals surface area contributed by atoms with Crippen LogP contribution in [0.5, 0.6) is 5.75 Å². The number of Topliss-reactive ketones (excluding diaryl/α,β-unsaturated/α-hetero) is 4. The highest BCUT2D eigenvalue weighted by molar-refractivity contribution is 6.14. The van der Waals surface area contributed by atoms with E-state index in [4.69, 9.17) is 4.74 Å². The van der Waals surface area contributed by atoms with Crippen LogP contribution >= 0.6 is 0 Å². The Morgan fingerprint density at radius 3 is 1.30 bits per heavy atom.